The summed E-state index contributed by atoms with van der Waals surface area (Å²) in [4.78, 5) is 12.3. The lowest BCUT2D eigenvalue weighted by atomic mass is 9.90. The highest BCUT2D eigenvalue weighted by molar-refractivity contribution is 6.02. The van der Waals surface area contributed by atoms with Crippen LogP contribution in [0.2, 0.25) is 0 Å². The fourth-order valence-corrected chi connectivity index (χ4v) is 3.12. The second-order valence-electron chi connectivity index (χ2n) is 5.96. The smallest absolute Gasteiger partial charge is 0.225 e. The summed E-state index contributed by atoms with van der Waals surface area (Å²) in [5.74, 6) is 0.662. The fraction of sp³-hybridized carbons (Fsp3) is 0.389. The van der Waals surface area contributed by atoms with E-state index in [1.54, 1.807) is 0 Å². The first-order chi connectivity index (χ1) is 10.2. The van der Waals surface area contributed by atoms with E-state index in [0.29, 0.717) is 18.4 Å². The molecule has 3 nitrogen and oxygen atoms in total. The predicted molar refractivity (Wildman–Crippen MR) is 87.4 cm³/mol. The molecule has 2 N–H and O–H groups in total. The van der Waals surface area contributed by atoms with Crippen molar-refractivity contribution in [2.24, 2.45) is 5.92 Å². The fourth-order valence-electron chi connectivity index (χ4n) is 3.12. The zero-order chi connectivity index (χ0) is 14.7. The molecule has 110 valence electrons. The Labute approximate surface area is 125 Å². The van der Waals surface area contributed by atoms with Crippen LogP contribution in [0.5, 0.6) is 0 Å². The number of nitrogens with one attached hydrogen (secondary N) is 2. The van der Waals surface area contributed by atoms with E-state index in [1.807, 2.05) is 30.3 Å². The number of carbonyl (C=O) groups is 1. The SMILES string of the molecule is CC1CCCNC1CC(=O)Nc1cccc2ccccc12. The minimum absolute atomic E-state index is 0.0950. The van der Waals surface area contributed by atoms with Crippen molar-refractivity contribution in [1.29, 1.82) is 0 Å². The molecule has 0 saturated carbocycles. The van der Waals surface area contributed by atoms with E-state index in [9.17, 15) is 4.79 Å². The summed E-state index contributed by atoms with van der Waals surface area (Å²) in [6.07, 6.45) is 2.96. The van der Waals surface area contributed by atoms with E-state index in [2.05, 4.69) is 29.7 Å². The minimum Gasteiger partial charge on any atom is -0.325 e. The lowest BCUT2D eigenvalue weighted by molar-refractivity contribution is -0.117. The van der Waals surface area contributed by atoms with Gasteiger partial charge in [0.25, 0.3) is 0 Å². The molecule has 0 radical (unpaired) electrons. The first kappa shape index (κ1) is 14.1. The molecular formula is C18H22N2O. The van der Waals surface area contributed by atoms with Crippen LogP contribution in [-0.4, -0.2) is 18.5 Å². The molecule has 2 atom stereocenters. The van der Waals surface area contributed by atoms with Crippen LogP contribution in [0.3, 0.4) is 0 Å². The first-order valence-electron chi connectivity index (χ1n) is 7.75. The topological polar surface area (TPSA) is 41.1 Å². The van der Waals surface area contributed by atoms with Crippen LogP contribution in [-0.2, 0) is 4.79 Å². The molecule has 0 aliphatic carbocycles. The van der Waals surface area contributed by atoms with Gasteiger partial charge in [0.2, 0.25) is 5.91 Å². The van der Waals surface area contributed by atoms with Crippen LogP contribution in [0.4, 0.5) is 5.69 Å². The maximum absolute atomic E-state index is 12.3. The zero-order valence-corrected chi connectivity index (χ0v) is 12.4. The van der Waals surface area contributed by atoms with Crippen molar-refractivity contribution in [2.45, 2.75) is 32.2 Å². The molecule has 21 heavy (non-hydrogen) atoms. The number of hydrogen-bond acceptors (Lipinski definition) is 2. The number of fused-ring (bicyclic) bond motifs is 1. The molecule has 0 bridgehead atoms. The van der Waals surface area contributed by atoms with E-state index in [4.69, 9.17) is 0 Å². The molecule has 0 aromatic heterocycles. The quantitative estimate of drug-likeness (QED) is 0.904. The Morgan fingerprint density at radius 3 is 2.90 bits per heavy atom. The van der Waals surface area contributed by atoms with Crippen LogP contribution < -0.4 is 10.6 Å². The molecule has 2 aromatic rings. The van der Waals surface area contributed by atoms with Crippen molar-refractivity contribution >= 4 is 22.4 Å². The number of carbonyl (C=O) groups excluding carboxylic acids is 1. The van der Waals surface area contributed by atoms with Crippen molar-refractivity contribution in [3.63, 3.8) is 0 Å². The van der Waals surface area contributed by atoms with E-state index >= 15 is 0 Å². The van der Waals surface area contributed by atoms with Gasteiger partial charge in [0, 0.05) is 23.5 Å². The summed E-state index contributed by atoms with van der Waals surface area (Å²) in [6.45, 7) is 3.25. The molecule has 1 amide bonds. The third kappa shape index (κ3) is 3.24. The number of benzene rings is 2. The van der Waals surface area contributed by atoms with Gasteiger partial charge in [-0.15, -0.1) is 0 Å². The van der Waals surface area contributed by atoms with Gasteiger partial charge < -0.3 is 10.6 Å². The predicted octanol–water partition coefficient (Wildman–Crippen LogP) is 3.56. The van der Waals surface area contributed by atoms with Gasteiger partial charge in [0.15, 0.2) is 0 Å². The van der Waals surface area contributed by atoms with Crippen LogP contribution >= 0.6 is 0 Å². The standard InChI is InChI=1S/C18H22N2O/c1-13-6-5-11-19-17(13)12-18(21)20-16-10-4-8-14-7-2-3-9-15(14)16/h2-4,7-10,13,17,19H,5-6,11-12H2,1H3,(H,20,21). The molecule has 3 heteroatoms. The lowest BCUT2D eigenvalue weighted by Gasteiger charge is -2.29. The molecule has 1 fully saturated rings. The van der Waals surface area contributed by atoms with Crippen LogP contribution in [0, 0.1) is 5.92 Å². The summed E-state index contributed by atoms with van der Waals surface area (Å²) in [6, 6.07) is 14.5. The van der Waals surface area contributed by atoms with E-state index < -0.39 is 0 Å². The maximum atomic E-state index is 12.3. The molecule has 2 aromatic carbocycles. The summed E-state index contributed by atoms with van der Waals surface area (Å²) >= 11 is 0. The second-order valence-corrected chi connectivity index (χ2v) is 5.96. The summed E-state index contributed by atoms with van der Waals surface area (Å²) in [5, 5.41) is 8.78. The van der Waals surface area contributed by atoms with Crippen molar-refractivity contribution in [2.75, 3.05) is 11.9 Å². The highest BCUT2D eigenvalue weighted by Gasteiger charge is 2.23. The Balaban J connectivity index is 1.71. The Kier molecular flexibility index (Phi) is 4.20. The van der Waals surface area contributed by atoms with Gasteiger partial charge in [-0.1, -0.05) is 43.3 Å². The number of anilines is 1. The van der Waals surface area contributed by atoms with Crippen molar-refractivity contribution < 1.29 is 4.79 Å². The third-order valence-corrected chi connectivity index (χ3v) is 4.40. The second kappa shape index (κ2) is 6.27. The van der Waals surface area contributed by atoms with Gasteiger partial charge in [-0.2, -0.15) is 0 Å². The molecule has 1 heterocycles. The molecule has 1 aliphatic heterocycles. The summed E-state index contributed by atoms with van der Waals surface area (Å²) in [7, 11) is 0. The molecule has 1 saturated heterocycles. The van der Waals surface area contributed by atoms with E-state index in [-0.39, 0.29) is 5.91 Å². The van der Waals surface area contributed by atoms with Crippen molar-refractivity contribution in [3.8, 4) is 0 Å². The van der Waals surface area contributed by atoms with Gasteiger partial charge in [-0.05, 0) is 36.8 Å². The zero-order valence-electron chi connectivity index (χ0n) is 12.4. The van der Waals surface area contributed by atoms with Crippen LogP contribution in [0.1, 0.15) is 26.2 Å². The number of rotatable bonds is 3. The molecular weight excluding hydrogens is 260 g/mol. The van der Waals surface area contributed by atoms with Crippen molar-refractivity contribution in [1.82, 2.24) is 5.32 Å². The number of hydrogen-bond donors (Lipinski definition) is 2. The average molecular weight is 282 g/mol. The Bertz CT molecular complexity index is 633. The Hall–Kier alpha value is -1.87. The van der Waals surface area contributed by atoms with Crippen LogP contribution in [0.25, 0.3) is 10.8 Å². The van der Waals surface area contributed by atoms with E-state index in [0.717, 1.165) is 23.0 Å². The van der Waals surface area contributed by atoms with Crippen molar-refractivity contribution in [3.05, 3.63) is 42.5 Å². The maximum Gasteiger partial charge on any atom is 0.225 e. The highest BCUT2D eigenvalue weighted by Crippen LogP contribution is 2.24. The van der Waals surface area contributed by atoms with Gasteiger partial charge in [-0.3, -0.25) is 4.79 Å². The Morgan fingerprint density at radius 2 is 2.05 bits per heavy atom. The average Bonchev–Trinajstić information content (AvgIpc) is 2.50. The number of piperidine rings is 1. The minimum atomic E-state index is 0.0950. The van der Waals surface area contributed by atoms with Gasteiger partial charge in [0.1, 0.15) is 0 Å². The monoisotopic (exact) mass is 282 g/mol. The molecule has 0 spiro atoms. The first-order valence-corrected chi connectivity index (χ1v) is 7.75. The number of amides is 1. The molecule has 1 aliphatic rings. The largest absolute Gasteiger partial charge is 0.325 e. The molecule has 2 unspecified atom stereocenters. The highest BCUT2D eigenvalue weighted by atomic mass is 16.1. The van der Waals surface area contributed by atoms with Gasteiger partial charge in [-0.25, -0.2) is 0 Å². The van der Waals surface area contributed by atoms with E-state index in [1.165, 1.54) is 12.8 Å². The van der Waals surface area contributed by atoms with Crippen LogP contribution in [0.15, 0.2) is 42.5 Å². The normalized spacial score (nSPS) is 22.1. The lowest BCUT2D eigenvalue weighted by Crippen LogP contribution is -2.42. The van der Waals surface area contributed by atoms with Gasteiger partial charge >= 0.3 is 0 Å². The summed E-state index contributed by atoms with van der Waals surface area (Å²) in [5.41, 5.74) is 0.904. The summed E-state index contributed by atoms with van der Waals surface area (Å²) < 4.78 is 0. The molecule has 3 rings (SSSR count). The Morgan fingerprint density at radius 1 is 1.24 bits per heavy atom. The van der Waals surface area contributed by atoms with Gasteiger partial charge in [0.05, 0.1) is 0 Å². The third-order valence-electron chi connectivity index (χ3n) is 4.40.